The van der Waals surface area contributed by atoms with E-state index in [2.05, 4.69) is 26.2 Å². The Labute approximate surface area is 120 Å². The van der Waals surface area contributed by atoms with Gasteiger partial charge in [0.2, 0.25) is 0 Å². The Hall–Kier alpha value is -0.450. The van der Waals surface area contributed by atoms with Crippen LogP contribution in [0, 0.1) is 5.92 Å². The Morgan fingerprint density at radius 3 is 2.68 bits per heavy atom. The molecule has 1 aliphatic rings. The lowest BCUT2D eigenvalue weighted by Gasteiger charge is -2.26. The molecule has 0 amide bonds. The highest BCUT2D eigenvalue weighted by molar-refractivity contribution is 7.09. The fourth-order valence-corrected chi connectivity index (χ4v) is 3.77. The maximum Gasteiger partial charge on any atom is 0.125 e. The normalized spacial score (nSPS) is 20.1. The predicted octanol–water partition coefficient (Wildman–Crippen LogP) is 3.47. The molecule has 1 fully saturated rings. The molecule has 0 spiro atoms. The van der Waals surface area contributed by atoms with Crippen LogP contribution in [0.4, 0.5) is 0 Å². The molecule has 0 aliphatic heterocycles. The molecule has 1 saturated carbocycles. The quantitative estimate of drug-likeness (QED) is 0.869. The summed E-state index contributed by atoms with van der Waals surface area (Å²) in [6.07, 6.45) is 5.60. The highest BCUT2D eigenvalue weighted by Crippen LogP contribution is 2.43. The zero-order chi connectivity index (χ0) is 13.9. The molecule has 0 saturated heterocycles. The van der Waals surface area contributed by atoms with E-state index >= 15 is 0 Å². The lowest BCUT2D eigenvalue weighted by atomic mass is 10.0. The van der Waals surface area contributed by atoms with Crippen molar-refractivity contribution in [2.75, 3.05) is 6.61 Å². The van der Waals surface area contributed by atoms with E-state index in [4.69, 9.17) is 15.5 Å². The zero-order valence-corrected chi connectivity index (χ0v) is 13.1. The number of hydrogen-bond acceptors (Lipinski definition) is 4. The van der Waals surface area contributed by atoms with Crippen molar-refractivity contribution >= 4 is 11.3 Å². The van der Waals surface area contributed by atoms with Crippen LogP contribution < -0.4 is 5.73 Å². The first kappa shape index (κ1) is 14.9. The van der Waals surface area contributed by atoms with Gasteiger partial charge in [0, 0.05) is 24.4 Å². The van der Waals surface area contributed by atoms with Crippen molar-refractivity contribution in [3.63, 3.8) is 0 Å². The number of aromatic nitrogens is 1. The minimum absolute atomic E-state index is 0.0976. The molecule has 1 atom stereocenters. The summed E-state index contributed by atoms with van der Waals surface area (Å²) >= 11 is 1.75. The molecule has 1 unspecified atom stereocenters. The molecule has 1 aromatic rings. The van der Waals surface area contributed by atoms with Gasteiger partial charge in [0.1, 0.15) is 10.6 Å². The van der Waals surface area contributed by atoms with E-state index in [-0.39, 0.29) is 11.6 Å². The summed E-state index contributed by atoms with van der Waals surface area (Å²) in [4.78, 5) is 4.82. The van der Waals surface area contributed by atoms with Crippen molar-refractivity contribution in [2.24, 2.45) is 11.7 Å². The predicted molar refractivity (Wildman–Crippen MR) is 80.4 cm³/mol. The van der Waals surface area contributed by atoms with E-state index in [0.717, 1.165) is 36.6 Å². The van der Waals surface area contributed by atoms with Crippen LogP contribution in [0.3, 0.4) is 0 Å². The Bertz CT molecular complexity index is 397. The van der Waals surface area contributed by atoms with Gasteiger partial charge in [-0.25, -0.2) is 4.98 Å². The van der Waals surface area contributed by atoms with E-state index < -0.39 is 0 Å². The van der Waals surface area contributed by atoms with E-state index in [9.17, 15) is 0 Å². The van der Waals surface area contributed by atoms with Crippen molar-refractivity contribution in [2.45, 2.75) is 64.5 Å². The van der Waals surface area contributed by atoms with Crippen molar-refractivity contribution < 1.29 is 4.74 Å². The van der Waals surface area contributed by atoms with Crippen LogP contribution in [-0.4, -0.2) is 17.6 Å². The van der Waals surface area contributed by atoms with Gasteiger partial charge in [-0.05, 0) is 25.7 Å². The number of hydrogen-bond donors (Lipinski definition) is 1. The van der Waals surface area contributed by atoms with Crippen molar-refractivity contribution in [1.82, 2.24) is 4.98 Å². The Kier molecular flexibility index (Phi) is 4.98. The van der Waals surface area contributed by atoms with Crippen LogP contribution in [0.15, 0.2) is 5.38 Å². The SMILES string of the molecule is CCOC1(c2nc(CC(N)C(C)C)cs2)CCCC1. The molecule has 2 N–H and O–H groups in total. The highest BCUT2D eigenvalue weighted by Gasteiger charge is 2.39. The fraction of sp³-hybridized carbons (Fsp3) is 0.800. The van der Waals surface area contributed by atoms with Crippen LogP contribution >= 0.6 is 11.3 Å². The van der Waals surface area contributed by atoms with Gasteiger partial charge in [0.15, 0.2) is 0 Å². The molecule has 1 heterocycles. The van der Waals surface area contributed by atoms with Gasteiger partial charge in [-0.2, -0.15) is 0 Å². The Morgan fingerprint density at radius 2 is 2.11 bits per heavy atom. The first-order valence-electron chi connectivity index (χ1n) is 7.42. The van der Waals surface area contributed by atoms with E-state index in [1.54, 1.807) is 11.3 Å². The first-order chi connectivity index (χ1) is 9.07. The second-order valence-corrected chi connectivity index (χ2v) is 6.75. The molecule has 4 heteroatoms. The van der Waals surface area contributed by atoms with Gasteiger partial charge < -0.3 is 10.5 Å². The summed E-state index contributed by atoms with van der Waals surface area (Å²) in [7, 11) is 0. The highest BCUT2D eigenvalue weighted by atomic mass is 32.1. The Morgan fingerprint density at radius 1 is 1.42 bits per heavy atom. The second kappa shape index (κ2) is 6.33. The van der Waals surface area contributed by atoms with E-state index in [0.29, 0.717) is 5.92 Å². The number of ether oxygens (including phenoxy) is 1. The minimum atomic E-state index is -0.0976. The molecule has 0 aromatic carbocycles. The summed E-state index contributed by atoms with van der Waals surface area (Å²) in [6, 6.07) is 0.196. The van der Waals surface area contributed by atoms with Crippen molar-refractivity contribution in [3.05, 3.63) is 16.1 Å². The second-order valence-electron chi connectivity index (χ2n) is 5.89. The summed E-state index contributed by atoms with van der Waals surface area (Å²) < 4.78 is 6.06. The lowest BCUT2D eigenvalue weighted by molar-refractivity contribution is -0.0392. The van der Waals surface area contributed by atoms with Gasteiger partial charge in [-0.3, -0.25) is 0 Å². The zero-order valence-electron chi connectivity index (χ0n) is 12.3. The van der Waals surface area contributed by atoms with Gasteiger partial charge in [0.05, 0.1) is 5.69 Å². The Balaban J connectivity index is 2.10. The topological polar surface area (TPSA) is 48.1 Å². The molecule has 1 aromatic heterocycles. The average Bonchev–Trinajstić information content (AvgIpc) is 2.99. The molecule has 0 radical (unpaired) electrons. The van der Waals surface area contributed by atoms with Crippen LogP contribution in [0.5, 0.6) is 0 Å². The van der Waals surface area contributed by atoms with Gasteiger partial charge in [-0.1, -0.05) is 26.7 Å². The summed E-state index contributed by atoms with van der Waals surface area (Å²) in [5.74, 6) is 0.498. The molecular formula is C15H26N2OS. The number of nitrogens with zero attached hydrogens (tertiary/aromatic N) is 1. The standard InChI is InChI=1S/C15H26N2OS/c1-4-18-15(7-5-6-8-15)14-17-12(10-19-14)9-13(16)11(2)3/h10-11,13H,4-9,16H2,1-3H3. The molecule has 19 heavy (non-hydrogen) atoms. The number of nitrogens with two attached hydrogens (primary N) is 1. The molecule has 3 nitrogen and oxygen atoms in total. The van der Waals surface area contributed by atoms with Crippen molar-refractivity contribution in [1.29, 1.82) is 0 Å². The van der Waals surface area contributed by atoms with Crippen molar-refractivity contribution in [3.8, 4) is 0 Å². The summed E-state index contributed by atoms with van der Waals surface area (Å²) in [5.41, 5.74) is 7.17. The fourth-order valence-electron chi connectivity index (χ4n) is 2.73. The largest absolute Gasteiger partial charge is 0.368 e. The third-order valence-corrected chi connectivity index (χ3v) is 5.15. The average molecular weight is 282 g/mol. The van der Waals surface area contributed by atoms with E-state index in [1.807, 2.05) is 0 Å². The number of rotatable bonds is 6. The molecule has 0 bridgehead atoms. The molecular weight excluding hydrogens is 256 g/mol. The monoisotopic (exact) mass is 282 g/mol. The number of thiazole rings is 1. The van der Waals surface area contributed by atoms with Crippen LogP contribution in [0.1, 0.15) is 57.2 Å². The van der Waals surface area contributed by atoms with Gasteiger partial charge in [0.25, 0.3) is 0 Å². The minimum Gasteiger partial charge on any atom is -0.368 e. The van der Waals surface area contributed by atoms with Crippen LogP contribution in [0.25, 0.3) is 0 Å². The van der Waals surface area contributed by atoms with E-state index in [1.165, 1.54) is 12.8 Å². The molecule has 1 aliphatic carbocycles. The smallest absolute Gasteiger partial charge is 0.125 e. The third kappa shape index (κ3) is 3.36. The van der Waals surface area contributed by atoms with Gasteiger partial charge >= 0.3 is 0 Å². The van der Waals surface area contributed by atoms with Gasteiger partial charge in [-0.15, -0.1) is 11.3 Å². The van der Waals surface area contributed by atoms with Crippen LogP contribution in [0.2, 0.25) is 0 Å². The maximum absolute atomic E-state index is 6.14. The third-order valence-electron chi connectivity index (χ3n) is 4.07. The maximum atomic E-state index is 6.14. The first-order valence-corrected chi connectivity index (χ1v) is 8.30. The molecule has 108 valence electrons. The lowest BCUT2D eigenvalue weighted by Crippen LogP contribution is -2.29. The summed E-state index contributed by atoms with van der Waals surface area (Å²) in [5, 5.41) is 3.33. The van der Waals surface area contributed by atoms with Crippen LogP contribution in [-0.2, 0) is 16.8 Å². The molecule has 2 rings (SSSR count). The summed E-state index contributed by atoms with van der Waals surface area (Å²) in [6.45, 7) is 7.16.